The van der Waals surface area contributed by atoms with E-state index in [0.29, 0.717) is 17.4 Å². The summed E-state index contributed by atoms with van der Waals surface area (Å²) in [5, 5.41) is 6.78. The van der Waals surface area contributed by atoms with Gasteiger partial charge in [0.15, 0.2) is 12.0 Å². The predicted molar refractivity (Wildman–Crippen MR) is 97.5 cm³/mol. The number of aliphatic imine (C=N–C) groups is 2. The highest BCUT2D eigenvalue weighted by molar-refractivity contribution is 6.32. The van der Waals surface area contributed by atoms with Gasteiger partial charge in [0.2, 0.25) is 0 Å². The summed E-state index contributed by atoms with van der Waals surface area (Å²) in [6, 6.07) is 17.9. The van der Waals surface area contributed by atoms with Gasteiger partial charge in [-0.15, -0.1) is 5.84 Å². The second-order valence-corrected chi connectivity index (χ2v) is 5.91. The number of quaternary nitrogens is 1. The Bertz CT molecular complexity index is 1100. The first-order valence-electron chi connectivity index (χ1n) is 7.89. The monoisotopic (exact) mass is 328 g/mol. The SMILES string of the molecule is N[N+]12C=C(c3cccc4ccccc34)N=CC1=NC(c1ccco1)=N2. The van der Waals surface area contributed by atoms with Gasteiger partial charge in [0.1, 0.15) is 11.9 Å². The Balaban J connectivity index is 1.64. The lowest BCUT2D eigenvalue weighted by Crippen LogP contribution is -2.50. The van der Waals surface area contributed by atoms with Gasteiger partial charge in [-0.05, 0) is 32.7 Å². The van der Waals surface area contributed by atoms with E-state index in [9.17, 15) is 0 Å². The Hall–Kier alpha value is -3.35. The number of furan rings is 1. The van der Waals surface area contributed by atoms with Crippen LogP contribution in [0.2, 0.25) is 0 Å². The van der Waals surface area contributed by atoms with Gasteiger partial charge in [-0.2, -0.15) is 4.99 Å². The van der Waals surface area contributed by atoms with Gasteiger partial charge in [0.05, 0.1) is 6.26 Å². The van der Waals surface area contributed by atoms with Crippen molar-refractivity contribution in [1.82, 2.24) is 0 Å². The summed E-state index contributed by atoms with van der Waals surface area (Å²) >= 11 is 0. The molecule has 5 rings (SSSR count). The third-order valence-electron chi connectivity index (χ3n) is 4.29. The van der Waals surface area contributed by atoms with Gasteiger partial charge in [-0.1, -0.05) is 42.5 Å². The second kappa shape index (κ2) is 5.07. The molecule has 6 heteroatoms. The van der Waals surface area contributed by atoms with Crippen LogP contribution in [0.15, 0.2) is 86.6 Å². The molecule has 0 fully saturated rings. The number of benzene rings is 2. The molecule has 3 heterocycles. The molecule has 1 unspecified atom stereocenters. The van der Waals surface area contributed by atoms with Crippen molar-refractivity contribution in [3.8, 4) is 0 Å². The average Bonchev–Trinajstić information content (AvgIpc) is 3.27. The summed E-state index contributed by atoms with van der Waals surface area (Å²) in [5.74, 6) is 8.04. The molecular formula is C19H14N5O+. The Morgan fingerprint density at radius 3 is 2.72 bits per heavy atom. The lowest BCUT2D eigenvalue weighted by Gasteiger charge is -2.20. The molecule has 1 atom stereocenters. The number of nitrogens with two attached hydrogens (primary N) is 1. The third-order valence-corrected chi connectivity index (χ3v) is 4.29. The van der Waals surface area contributed by atoms with Crippen LogP contribution in [0.25, 0.3) is 16.5 Å². The van der Waals surface area contributed by atoms with E-state index in [0.717, 1.165) is 22.0 Å². The van der Waals surface area contributed by atoms with Crippen molar-refractivity contribution < 1.29 is 9.12 Å². The van der Waals surface area contributed by atoms with E-state index in [1.54, 1.807) is 30.8 Å². The van der Waals surface area contributed by atoms with Crippen molar-refractivity contribution >= 4 is 34.4 Å². The lowest BCUT2D eigenvalue weighted by atomic mass is 10.0. The summed E-state index contributed by atoms with van der Waals surface area (Å²) in [6.45, 7) is 0. The van der Waals surface area contributed by atoms with E-state index in [1.165, 1.54) is 0 Å². The number of hydrogen-bond acceptors (Lipinski definition) is 5. The maximum Gasteiger partial charge on any atom is 0.300 e. The number of hydrogen-bond donors (Lipinski definition) is 1. The zero-order valence-electron chi connectivity index (χ0n) is 13.2. The molecule has 2 aromatic carbocycles. The Kier molecular flexibility index (Phi) is 2.85. The molecule has 2 aliphatic rings. The molecular weight excluding hydrogens is 314 g/mol. The third kappa shape index (κ3) is 2.16. The number of fused-ring (bicyclic) bond motifs is 2. The number of nitrogens with zero attached hydrogens (tertiary/aromatic N) is 4. The molecule has 0 radical (unpaired) electrons. The molecule has 0 bridgehead atoms. The summed E-state index contributed by atoms with van der Waals surface area (Å²) in [5.41, 5.74) is 1.78. The highest BCUT2D eigenvalue weighted by atomic mass is 16.3. The van der Waals surface area contributed by atoms with Gasteiger partial charge in [0, 0.05) is 5.56 Å². The molecule has 120 valence electrons. The summed E-state index contributed by atoms with van der Waals surface area (Å²) in [4.78, 5) is 9.00. The van der Waals surface area contributed by atoms with Crippen molar-refractivity contribution in [2.45, 2.75) is 0 Å². The van der Waals surface area contributed by atoms with Crippen LogP contribution in [0.1, 0.15) is 11.3 Å². The van der Waals surface area contributed by atoms with Crippen LogP contribution >= 0.6 is 0 Å². The predicted octanol–water partition coefficient (Wildman–Crippen LogP) is 3.28. The van der Waals surface area contributed by atoms with Crippen LogP contribution in [-0.4, -0.2) is 22.6 Å². The zero-order valence-corrected chi connectivity index (χ0v) is 13.2. The maximum absolute atomic E-state index is 6.44. The van der Waals surface area contributed by atoms with Crippen LogP contribution in [0.4, 0.5) is 0 Å². The minimum Gasteiger partial charge on any atom is -0.461 e. The summed E-state index contributed by atoms with van der Waals surface area (Å²) in [6.07, 6.45) is 5.05. The fourth-order valence-electron chi connectivity index (χ4n) is 3.08. The first-order valence-corrected chi connectivity index (χ1v) is 7.89. The molecule has 3 aromatic rings. The topological polar surface area (TPSA) is 76.2 Å². The van der Waals surface area contributed by atoms with E-state index in [2.05, 4.69) is 33.3 Å². The van der Waals surface area contributed by atoms with Crippen LogP contribution in [-0.2, 0) is 0 Å². The fraction of sp³-hybridized carbons (Fsp3) is 0. The molecule has 2 aliphatic heterocycles. The number of rotatable bonds is 2. The quantitative estimate of drug-likeness (QED) is 0.579. The highest BCUT2D eigenvalue weighted by Crippen LogP contribution is 2.30. The maximum atomic E-state index is 6.44. The lowest BCUT2D eigenvalue weighted by molar-refractivity contribution is -0.802. The Labute approximate surface area is 143 Å². The minimum absolute atomic E-state index is 0.266. The molecule has 0 aliphatic carbocycles. The largest absolute Gasteiger partial charge is 0.461 e. The smallest absolute Gasteiger partial charge is 0.300 e. The molecule has 1 aromatic heterocycles. The van der Waals surface area contributed by atoms with Crippen LogP contribution in [0.5, 0.6) is 0 Å². The van der Waals surface area contributed by atoms with Crippen LogP contribution in [0.3, 0.4) is 0 Å². The van der Waals surface area contributed by atoms with E-state index in [1.807, 2.05) is 24.3 Å². The normalized spacial score (nSPS) is 21.7. The summed E-state index contributed by atoms with van der Waals surface area (Å²) < 4.78 is 5.10. The van der Waals surface area contributed by atoms with Crippen molar-refractivity contribution in [1.29, 1.82) is 0 Å². The highest BCUT2D eigenvalue weighted by Gasteiger charge is 2.40. The van der Waals surface area contributed by atoms with Gasteiger partial charge in [-0.3, -0.25) is 0 Å². The first-order chi connectivity index (χ1) is 12.2. The molecule has 2 N–H and O–H groups in total. The van der Waals surface area contributed by atoms with Gasteiger partial charge >= 0.3 is 0 Å². The molecule has 6 nitrogen and oxygen atoms in total. The fourth-order valence-corrected chi connectivity index (χ4v) is 3.08. The van der Waals surface area contributed by atoms with Crippen molar-refractivity contribution in [2.75, 3.05) is 0 Å². The molecule has 0 saturated heterocycles. The van der Waals surface area contributed by atoms with E-state index in [-0.39, 0.29) is 4.70 Å². The molecule has 0 saturated carbocycles. The molecule has 25 heavy (non-hydrogen) atoms. The standard InChI is InChI=1S/C19H14N5O/c20-24-12-16(15-8-3-6-13-5-1-2-7-14(13)15)21-11-18(24)22-19(23-24)17-9-4-10-25-17/h1-12H,20H2/q+1. The summed E-state index contributed by atoms with van der Waals surface area (Å²) in [7, 11) is 0. The zero-order chi connectivity index (χ0) is 16.9. The van der Waals surface area contributed by atoms with Crippen molar-refractivity contribution in [3.05, 3.63) is 78.4 Å². The van der Waals surface area contributed by atoms with Crippen molar-refractivity contribution in [2.24, 2.45) is 20.9 Å². The molecule has 0 amide bonds. The Morgan fingerprint density at radius 1 is 0.960 bits per heavy atom. The minimum atomic E-state index is -0.266. The van der Waals surface area contributed by atoms with Gasteiger partial charge < -0.3 is 4.42 Å². The van der Waals surface area contributed by atoms with Gasteiger partial charge in [-0.25, -0.2) is 4.99 Å². The van der Waals surface area contributed by atoms with E-state index in [4.69, 9.17) is 10.3 Å². The van der Waals surface area contributed by atoms with Gasteiger partial charge in [0.25, 0.3) is 11.7 Å². The first kappa shape index (κ1) is 14.0. The number of amidine groups is 2. The average molecular weight is 328 g/mol. The van der Waals surface area contributed by atoms with E-state index >= 15 is 0 Å². The Morgan fingerprint density at radius 2 is 1.84 bits per heavy atom. The molecule has 0 spiro atoms. The van der Waals surface area contributed by atoms with Crippen LogP contribution < -0.4 is 5.84 Å². The van der Waals surface area contributed by atoms with E-state index < -0.39 is 0 Å². The second-order valence-electron chi connectivity index (χ2n) is 5.91. The van der Waals surface area contributed by atoms with Crippen molar-refractivity contribution in [3.63, 3.8) is 0 Å². The van der Waals surface area contributed by atoms with Crippen LogP contribution in [0, 0.1) is 0 Å².